The lowest BCUT2D eigenvalue weighted by atomic mass is 9.95. The van der Waals surface area contributed by atoms with Crippen LogP contribution in [-0.4, -0.2) is 51.1 Å². The van der Waals surface area contributed by atoms with Crippen LogP contribution in [0.2, 0.25) is 0 Å². The molecule has 8 nitrogen and oxygen atoms in total. The number of hydrazone groups is 1. The Morgan fingerprint density at radius 2 is 1.88 bits per heavy atom. The summed E-state index contributed by atoms with van der Waals surface area (Å²) in [5, 5.41) is 9.10. The van der Waals surface area contributed by atoms with Gasteiger partial charge in [-0.3, -0.25) is 4.79 Å². The van der Waals surface area contributed by atoms with Gasteiger partial charge in [-0.2, -0.15) is 13.5 Å². The molecule has 2 aliphatic rings. The number of hydrogen-bond acceptors (Lipinski definition) is 6. The van der Waals surface area contributed by atoms with Crippen molar-refractivity contribution in [2.24, 2.45) is 9.50 Å². The van der Waals surface area contributed by atoms with Crippen molar-refractivity contribution in [1.82, 2.24) is 10.3 Å². The quantitative estimate of drug-likeness (QED) is 0.496. The van der Waals surface area contributed by atoms with Gasteiger partial charge in [0, 0.05) is 18.0 Å². The van der Waals surface area contributed by atoms with Gasteiger partial charge in [0.1, 0.15) is 10.6 Å². The van der Waals surface area contributed by atoms with Crippen LogP contribution < -0.4 is 10.1 Å². The van der Waals surface area contributed by atoms with E-state index in [1.807, 2.05) is 24.3 Å². The van der Waals surface area contributed by atoms with Crippen LogP contribution in [0.15, 0.2) is 62.9 Å². The Morgan fingerprint density at radius 1 is 1.15 bits per heavy atom. The van der Waals surface area contributed by atoms with E-state index in [-0.39, 0.29) is 35.6 Å². The fourth-order valence-corrected chi connectivity index (χ4v) is 5.28. The van der Waals surface area contributed by atoms with Crippen LogP contribution in [0.3, 0.4) is 0 Å². The molecule has 0 unspecified atom stereocenters. The molecular formula is C24H28N4O4S. The predicted octanol–water partition coefficient (Wildman–Crippen LogP) is 3.32. The highest BCUT2D eigenvalue weighted by Crippen LogP contribution is 2.27. The van der Waals surface area contributed by atoms with E-state index in [4.69, 9.17) is 4.74 Å². The average molecular weight is 469 g/mol. The third-order valence-electron chi connectivity index (χ3n) is 5.84. The fourth-order valence-electron chi connectivity index (χ4n) is 4.07. The van der Waals surface area contributed by atoms with E-state index >= 15 is 0 Å². The van der Waals surface area contributed by atoms with E-state index in [0.29, 0.717) is 5.56 Å². The molecule has 0 aromatic heterocycles. The molecule has 2 aromatic carbocycles. The molecule has 4 rings (SSSR count). The minimum atomic E-state index is -3.80. The topological polar surface area (TPSA) is 100 Å². The van der Waals surface area contributed by atoms with Gasteiger partial charge in [0.05, 0.1) is 19.9 Å². The molecule has 9 heteroatoms. The van der Waals surface area contributed by atoms with Crippen molar-refractivity contribution in [3.05, 3.63) is 59.7 Å². The second-order valence-electron chi connectivity index (χ2n) is 8.18. The zero-order chi connectivity index (χ0) is 23.3. The molecule has 1 fully saturated rings. The highest BCUT2D eigenvalue weighted by molar-refractivity contribution is 7.90. The number of carbonyl (C=O) groups is 1. The van der Waals surface area contributed by atoms with Crippen LogP contribution in [0.5, 0.6) is 5.75 Å². The zero-order valence-corrected chi connectivity index (χ0v) is 19.4. The van der Waals surface area contributed by atoms with E-state index in [1.165, 1.54) is 17.5 Å². The number of carbonyl (C=O) groups excluding carboxylic acids is 1. The molecule has 0 atom stereocenters. The molecule has 0 spiro atoms. The highest BCUT2D eigenvalue weighted by atomic mass is 32.2. The molecule has 0 bridgehead atoms. The summed E-state index contributed by atoms with van der Waals surface area (Å²) in [6, 6.07) is 14.2. The van der Waals surface area contributed by atoms with E-state index < -0.39 is 10.0 Å². The van der Waals surface area contributed by atoms with Crippen LogP contribution in [0.25, 0.3) is 0 Å². The van der Waals surface area contributed by atoms with Crippen LogP contribution in [0.1, 0.15) is 49.7 Å². The number of nitrogens with zero attached hydrogens (tertiary/aromatic N) is 3. The third-order valence-corrected chi connectivity index (χ3v) is 7.17. The average Bonchev–Trinajstić information content (AvgIpc) is 3.11. The maximum Gasteiger partial charge on any atom is 0.285 e. The SMILES string of the molecule is COc1ccc(C=NN(CCC(=O)NC2CCCCC2)C2=NS(=O)(=O)c3ccccc32)cc1. The number of fused-ring (bicyclic) bond motifs is 1. The van der Waals surface area contributed by atoms with Gasteiger partial charge in [-0.15, -0.1) is 4.40 Å². The van der Waals surface area contributed by atoms with Crippen molar-refractivity contribution < 1.29 is 17.9 Å². The number of sulfonamides is 1. The molecule has 174 valence electrons. The Labute approximate surface area is 194 Å². The van der Waals surface area contributed by atoms with Crippen molar-refractivity contribution >= 4 is 28.0 Å². The number of amides is 1. The van der Waals surface area contributed by atoms with Crippen LogP contribution in [0, 0.1) is 0 Å². The van der Waals surface area contributed by atoms with E-state index in [2.05, 4.69) is 14.8 Å². The minimum Gasteiger partial charge on any atom is -0.497 e. The summed E-state index contributed by atoms with van der Waals surface area (Å²) in [5.74, 6) is 0.880. The first-order valence-corrected chi connectivity index (χ1v) is 12.6. The molecule has 2 aromatic rings. The number of benzene rings is 2. The second-order valence-corrected chi connectivity index (χ2v) is 9.75. The second kappa shape index (κ2) is 10.2. The third kappa shape index (κ3) is 5.60. The Hall–Kier alpha value is -3.20. The molecule has 1 heterocycles. The van der Waals surface area contributed by atoms with Gasteiger partial charge < -0.3 is 10.1 Å². The van der Waals surface area contributed by atoms with Crippen molar-refractivity contribution in [2.75, 3.05) is 13.7 Å². The maximum absolute atomic E-state index is 12.6. The lowest BCUT2D eigenvalue weighted by Crippen LogP contribution is -2.38. The number of methoxy groups -OCH3 is 1. The number of ether oxygens (including phenoxy) is 1. The summed E-state index contributed by atoms with van der Waals surface area (Å²) in [6.07, 6.45) is 7.29. The molecule has 1 aliphatic carbocycles. The Kier molecular flexibility index (Phi) is 7.08. The summed E-state index contributed by atoms with van der Waals surface area (Å²) in [4.78, 5) is 12.7. The highest BCUT2D eigenvalue weighted by Gasteiger charge is 2.32. The number of amidine groups is 1. The molecule has 1 aliphatic heterocycles. The lowest BCUT2D eigenvalue weighted by Gasteiger charge is -2.24. The van der Waals surface area contributed by atoms with Gasteiger partial charge in [-0.25, -0.2) is 5.01 Å². The van der Waals surface area contributed by atoms with Gasteiger partial charge in [0.2, 0.25) is 5.91 Å². The smallest absolute Gasteiger partial charge is 0.285 e. The molecule has 1 saturated carbocycles. The Bertz CT molecular complexity index is 1150. The van der Waals surface area contributed by atoms with Crippen LogP contribution in [-0.2, 0) is 14.8 Å². The lowest BCUT2D eigenvalue weighted by molar-refractivity contribution is -0.122. The predicted molar refractivity (Wildman–Crippen MR) is 127 cm³/mol. The van der Waals surface area contributed by atoms with Crippen LogP contribution in [0.4, 0.5) is 0 Å². The van der Waals surface area contributed by atoms with E-state index in [9.17, 15) is 13.2 Å². The van der Waals surface area contributed by atoms with E-state index in [1.54, 1.807) is 31.5 Å². The summed E-state index contributed by atoms with van der Waals surface area (Å²) in [7, 11) is -2.20. The Morgan fingerprint density at radius 3 is 2.61 bits per heavy atom. The fraction of sp³-hybridized carbons (Fsp3) is 0.375. The standard InChI is InChI=1S/C24H28N4O4S/c1-32-20-13-11-18(12-14-20)17-25-28(16-15-23(29)26-19-7-3-2-4-8-19)24-21-9-5-6-10-22(21)33(30,31)27-24/h5-6,9-14,17,19H,2-4,7-8,15-16H2,1H3,(H,26,29). The first-order chi connectivity index (χ1) is 16.0. The first-order valence-electron chi connectivity index (χ1n) is 11.2. The van der Waals surface area contributed by atoms with Crippen LogP contribution >= 0.6 is 0 Å². The summed E-state index contributed by atoms with van der Waals surface area (Å²) < 4.78 is 34.3. The van der Waals surface area contributed by atoms with Gasteiger partial charge in [0.15, 0.2) is 5.84 Å². The normalized spacial score (nSPS) is 17.4. The summed E-state index contributed by atoms with van der Waals surface area (Å²) in [5.41, 5.74) is 1.29. The minimum absolute atomic E-state index is 0.0683. The van der Waals surface area contributed by atoms with Gasteiger partial charge >= 0.3 is 0 Å². The molecular weight excluding hydrogens is 440 g/mol. The number of nitrogens with one attached hydrogen (secondary N) is 1. The number of rotatable bonds is 7. The van der Waals surface area contributed by atoms with Gasteiger partial charge in [-0.1, -0.05) is 31.4 Å². The molecule has 1 amide bonds. The largest absolute Gasteiger partial charge is 0.497 e. The van der Waals surface area contributed by atoms with Crippen molar-refractivity contribution in [3.63, 3.8) is 0 Å². The molecule has 33 heavy (non-hydrogen) atoms. The first kappa shape index (κ1) is 23.0. The van der Waals surface area contributed by atoms with Crippen molar-refractivity contribution in [2.45, 2.75) is 49.5 Å². The van der Waals surface area contributed by atoms with Gasteiger partial charge in [0.25, 0.3) is 10.0 Å². The zero-order valence-electron chi connectivity index (χ0n) is 18.6. The summed E-state index contributed by atoms with van der Waals surface area (Å²) >= 11 is 0. The van der Waals surface area contributed by atoms with E-state index in [0.717, 1.165) is 37.0 Å². The maximum atomic E-state index is 12.6. The van der Waals surface area contributed by atoms with Gasteiger partial charge in [-0.05, 0) is 54.8 Å². The molecule has 1 N–H and O–H groups in total. The molecule has 0 saturated heterocycles. The van der Waals surface area contributed by atoms with Crippen molar-refractivity contribution in [3.8, 4) is 5.75 Å². The number of hydrogen-bond donors (Lipinski definition) is 1. The molecule has 0 radical (unpaired) electrons. The summed E-state index contributed by atoms with van der Waals surface area (Å²) in [6.45, 7) is 0.202. The Balaban J connectivity index is 1.54. The van der Waals surface area contributed by atoms with Crippen molar-refractivity contribution in [1.29, 1.82) is 0 Å². The monoisotopic (exact) mass is 468 g/mol.